The monoisotopic (exact) mass is 465 g/mol. The number of para-hydroxylation sites is 1. The van der Waals surface area contributed by atoms with E-state index in [1.54, 1.807) is 12.4 Å². The van der Waals surface area contributed by atoms with Crippen LogP contribution in [0.5, 0.6) is 0 Å². The lowest BCUT2D eigenvalue weighted by Gasteiger charge is -2.15. The standard InChI is InChI=1S/C27H23N5OS/c1-19(21-14-13-20-8-5-6-9-22(20)16-21)29-25(33)18-34-27-31-30-26(23-10-7-15-28-17-23)32(27)24-11-3-2-4-12-24/h2-17,19H,18H2,1H3,(H,29,33). The Hall–Kier alpha value is -3.97. The maximum Gasteiger partial charge on any atom is 0.230 e. The molecule has 5 aromatic rings. The average molecular weight is 466 g/mol. The Morgan fingerprint density at radius 2 is 1.74 bits per heavy atom. The quantitative estimate of drug-likeness (QED) is 0.324. The molecule has 0 aliphatic rings. The first-order valence-electron chi connectivity index (χ1n) is 11.0. The number of carbonyl (C=O) groups excluding carboxylic acids is 1. The molecule has 34 heavy (non-hydrogen) atoms. The fourth-order valence-electron chi connectivity index (χ4n) is 3.83. The lowest BCUT2D eigenvalue weighted by atomic mass is 10.0. The molecule has 6 nitrogen and oxygen atoms in total. The van der Waals surface area contributed by atoms with Gasteiger partial charge >= 0.3 is 0 Å². The number of fused-ring (bicyclic) bond motifs is 1. The molecule has 1 unspecified atom stereocenters. The molecule has 0 saturated carbocycles. The zero-order valence-electron chi connectivity index (χ0n) is 18.6. The van der Waals surface area contributed by atoms with Gasteiger partial charge in [0.15, 0.2) is 11.0 Å². The number of hydrogen-bond acceptors (Lipinski definition) is 5. The smallest absolute Gasteiger partial charge is 0.230 e. The van der Waals surface area contributed by atoms with Gasteiger partial charge in [-0.05, 0) is 53.6 Å². The molecule has 0 aliphatic heterocycles. The van der Waals surface area contributed by atoms with Crippen LogP contribution in [0.3, 0.4) is 0 Å². The molecule has 1 N–H and O–H groups in total. The number of thioether (sulfide) groups is 1. The Kier molecular flexibility index (Phi) is 6.35. The van der Waals surface area contributed by atoms with Crippen molar-refractivity contribution in [3.05, 3.63) is 103 Å². The summed E-state index contributed by atoms with van der Waals surface area (Å²) in [4.78, 5) is 17.0. The van der Waals surface area contributed by atoms with Crippen molar-refractivity contribution in [2.75, 3.05) is 5.75 Å². The third kappa shape index (κ3) is 4.70. The molecule has 1 amide bonds. The highest BCUT2D eigenvalue weighted by Crippen LogP contribution is 2.27. The van der Waals surface area contributed by atoms with Crippen molar-refractivity contribution in [3.63, 3.8) is 0 Å². The number of amides is 1. The van der Waals surface area contributed by atoms with E-state index in [9.17, 15) is 4.79 Å². The summed E-state index contributed by atoms with van der Waals surface area (Å²) in [5.74, 6) is 0.860. The summed E-state index contributed by atoms with van der Waals surface area (Å²) in [5, 5.41) is 14.9. The van der Waals surface area contributed by atoms with E-state index in [2.05, 4.69) is 50.8 Å². The number of carbonyl (C=O) groups is 1. The summed E-state index contributed by atoms with van der Waals surface area (Å²) in [6, 6.07) is 28.1. The van der Waals surface area contributed by atoms with Gasteiger partial charge in [-0.1, -0.05) is 66.4 Å². The van der Waals surface area contributed by atoms with Crippen LogP contribution in [0.25, 0.3) is 27.8 Å². The van der Waals surface area contributed by atoms with Crippen LogP contribution in [0, 0.1) is 0 Å². The Morgan fingerprint density at radius 1 is 0.941 bits per heavy atom. The van der Waals surface area contributed by atoms with Gasteiger partial charge in [0.25, 0.3) is 0 Å². The van der Waals surface area contributed by atoms with Crippen LogP contribution in [0.1, 0.15) is 18.5 Å². The van der Waals surface area contributed by atoms with Gasteiger partial charge in [-0.3, -0.25) is 14.3 Å². The van der Waals surface area contributed by atoms with E-state index in [1.807, 2.05) is 66.1 Å². The van der Waals surface area contributed by atoms with E-state index < -0.39 is 0 Å². The Morgan fingerprint density at radius 3 is 2.53 bits per heavy atom. The average Bonchev–Trinajstić information content (AvgIpc) is 3.32. The maximum absolute atomic E-state index is 12.8. The lowest BCUT2D eigenvalue weighted by Crippen LogP contribution is -2.28. The number of pyridine rings is 1. The summed E-state index contributed by atoms with van der Waals surface area (Å²) in [7, 11) is 0. The summed E-state index contributed by atoms with van der Waals surface area (Å²) < 4.78 is 1.96. The third-order valence-corrected chi connectivity index (χ3v) is 6.48. The van der Waals surface area contributed by atoms with Crippen molar-refractivity contribution in [2.45, 2.75) is 18.1 Å². The Labute approximate surface area is 202 Å². The number of benzene rings is 3. The molecule has 0 aliphatic carbocycles. The zero-order chi connectivity index (χ0) is 23.3. The van der Waals surface area contributed by atoms with Crippen LogP contribution in [0.15, 0.2) is 102 Å². The molecule has 0 bridgehead atoms. The predicted octanol–water partition coefficient (Wildman–Crippen LogP) is 5.45. The normalized spacial score (nSPS) is 11.9. The van der Waals surface area contributed by atoms with Crippen molar-refractivity contribution >= 4 is 28.4 Å². The summed E-state index contributed by atoms with van der Waals surface area (Å²) in [5.41, 5.74) is 2.86. The minimum atomic E-state index is -0.101. The molecule has 2 aromatic heterocycles. The van der Waals surface area contributed by atoms with E-state index in [-0.39, 0.29) is 17.7 Å². The Bertz CT molecular complexity index is 1420. The summed E-state index contributed by atoms with van der Waals surface area (Å²) in [6.45, 7) is 2.00. The number of nitrogens with zero attached hydrogens (tertiary/aromatic N) is 4. The van der Waals surface area contributed by atoms with Crippen molar-refractivity contribution < 1.29 is 4.79 Å². The second-order valence-corrected chi connectivity index (χ2v) is 8.85. The highest BCUT2D eigenvalue weighted by Gasteiger charge is 2.18. The lowest BCUT2D eigenvalue weighted by molar-refractivity contribution is -0.119. The summed E-state index contributed by atoms with van der Waals surface area (Å²) >= 11 is 1.36. The molecule has 0 fully saturated rings. The second-order valence-electron chi connectivity index (χ2n) is 7.90. The molecule has 0 radical (unpaired) electrons. The van der Waals surface area contributed by atoms with Crippen LogP contribution in [-0.4, -0.2) is 31.4 Å². The van der Waals surface area contributed by atoms with Crippen molar-refractivity contribution in [1.82, 2.24) is 25.1 Å². The number of rotatable bonds is 7. The molecule has 3 aromatic carbocycles. The summed E-state index contributed by atoms with van der Waals surface area (Å²) in [6.07, 6.45) is 3.49. The second kappa shape index (κ2) is 9.89. The van der Waals surface area contributed by atoms with E-state index in [4.69, 9.17) is 0 Å². The van der Waals surface area contributed by atoms with Crippen LogP contribution in [0.4, 0.5) is 0 Å². The van der Waals surface area contributed by atoms with Crippen LogP contribution in [-0.2, 0) is 4.79 Å². The van der Waals surface area contributed by atoms with E-state index >= 15 is 0 Å². The van der Waals surface area contributed by atoms with Crippen molar-refractivity contribution in [3.8, 4) is 17.1 Å². The largest absolute Gasteiger partial charge is 0.349 e. The molecule has 2 heterocycles. The van der Waals surface area contributed by atoms with Gasteiger partial charge in [-0.2, -0.15) is 0 Å². The minimum absolute atomic E-state index is 0.0591. The predicted molar refractivity (Wildman–Crippen MR) is 136 cm³/mol. The SMILES string of the molecule is CC(NC(=O)CSc1nnc(-c2cccnc2)n1-c1ccccc1)c1ccc2ccccc2c1. The number of nitrogens with one attached hydrogen (secondary N) is 1. The fourth-order valence-corrected chi connectivity index (χ4v) is 4.59. The van der Waals surface area contributed by atoms with Gasteiger partial charge in [0.05, 0.1) is 11.8 Å². The van der Waals surface area contributed by atoms with Crippen molar-refractivity contribution in [2.24, 2.45) is 0 Å². The van der Waals surface area contributed by atoms with Gasteiger partial charge in [-0.25, -0.2) is 0 Å². The molecule has 5 rings (SSSR count). The molecule has 168 valence electrons. The van der Waals surface area contributed by atoms with Crippen LogP contribution < -0.4 is 5.32 Å². The van der Waals surface area contributed by atoms with Gasteiger partial charge < -0.3 is 5.32 Å². The number of aromatic nitrogens is 4. The third-order valence-electron chi connectivity index (χ3n) is 5.55. The van der Waals surface area contributed by atoms with E-state index in [1.165, 1.54) is 17.1 Å². The fraction of sp³-hybridized carbons (Fsp3) is 0.111. The maximum atomic E-state index is 12.8. The molecular formula is C27H23N5OS. The minimum Gasteiger partial charge on any atom is -0.349 e. The van der Waals surface area contributed by atoms with Gasteiger partial charge in [0.1, 0.15) is 0 Å². The molecule has 7 heteroatoms. The first-order chi connectivity index (χ1) is 16.7. The van der Waals surface area contributed by atoms with Crippen LogP contribution >= 0.6 is 11.8 Å². The number of hydrogen-bond donors (Lipinski definition) is 1. The molecular weight excluding hydrogens is 442 g/mol. The van der Waals surface area contributed by atoms with Crippen molar-refractivity contribution in [1.29, 1.82) is 0 Å². The van der Waals surface area contributed by atoms with E-state index in [0.717, 1.165) is 22.2 Å². The first kappa shape index (κ1) is 21.9. The van der Waals surface area contributed by atoms with Crippen LogP contribution in [0.2, 0.25) is 0 Å². The van der Waals surface area contributed by atoms with Gasteiger partial charge in [0, 0.05) is 23.6 Å². The molecule has 1 atom stereocenters. The topological polar surface area (TPSA) is 72.7 Å². The highest BCUT2D eigenvalue weighted by molar-refractivity contribution is 7.99. The molecule has 0 saturated heterocycles. The van der Waals surface area contributed by atoms with E-state index in [0.29, 0.717) is 11.0 Å². The Balaban J connectivity index is 1.32. The first-order valence-corrected chi connectivity index (χ1v) is 12.0. The van der Waals surface area contributed by atoms with Gasteiger partial charge in [0.2, 0.25) is 5.91 Å². The highest BCUT2D eigenvalue weighted by atomic mass is 32.2. The van der Waals surface area contributed by atoms with Gasteiger partial charge in [-0.15, -0.1) is 10.2 Å². The zero-order valence-corrected chi connectivity index (χ0v) is 19.4. The molecule has 0 spiro atoms.